The lowest BCUT2D eigenvalue weighted by molar-refractivity contribution is -0.141. The van der Waals surface area contributed by atoms with E-state index in [1.807, 2.05) is 6.92 Å². The van der Waals surface area contributed by atoms with E-state index in [1.54, 1.807) is 6.92 Å². The van der Waals surface area contributed by atoms with E-state index in [0.717, 1.165) is 6.07 Å². The van der Waals surface area contributed by atoms with Gasteiger partial charge in [-0.25, -0.2) is 9.37 Å². The lowest BCUT2D eigenvalue weighted by Crippen LogP contribution is -2.19. The predicted molar refractivity (Wildman–Crippen MR) is 85.1 cm³/mol. The number of rotatable bonds is 5. The van der Waals surface area contributed by atoms with Crippen LogP contribution in [0.4, 0.5) is 35.0 Å². The number of para-hydroxylation sites is 1. The third-order valence-electron chi connectivity index (χ3n) is 3.22. The zero-order valence-electron chi connectivity index (χ0n) is 12.9. The highest BCUT2D eigenvalue weighted by Crippen LogP contribution is 2.32. The van der Waals surface area contributed by atoms with Crippen LogP contribution in [0, 0.1) is 5.82 Å². The quantitative estimate of drug-likeness (QED) is 0.714. The molecule has 0 fully saturated rings. The molecule has 4 nitrogen and oxygen atoms in total. The zero-order chi connectivity index (χ0) is 17.9. The van der Waals surface area contributed by atoms with Gasteiger partial charge < -0.3 is 10.6 Å². The molecule has 2 aromatic rings. The van der Waals surface area contributed by atoms with Gasteiger partial charge in [0.1, 0.15) is 11.6 Å². The second-order valence-electron chi connectivity index (χ2n) is 5.14. The van der Waals surface area contributed by atoms with Crippen molar-refractivity contribution < 1.29 is 17.6 Å². The number of nitrogens with one attached hydrogen (secondary N) is 2. The molecule has 2 N–H and O–H groups in total. The summed E-state index contributed by atoms with van der Waals surface area (Å²) in [7, 11) is 0. The van der Waals surface area contributed by atoms with E-state index < -0.39 is 17.7 Å². The van der Waals surface area contributed by atoms with Gasteiger partial charge in [0.05, 0.1) is 10.7 Å². The van der Waals surface area contributed by atoms with Gasteiger partial charge in [-0.1, -0.05) is 24.6 Å². The van der Waals surface area contributed by atoms with Gasteiger partial charge in [-0.3, -0.25) is 0 Å². The molecule has 0 saturated carbocycles. The van der Waals surface area contributed by atoms with Crippen LogP contribution in [0.3, 0.4) is 0 Å². The van der Waals surface area contributed by atoms with Gasteiger partial charge in [-0.2, -0.15) is 18.2 Å². The Morgan fingerprint density at radius 3 is 2.54 bits per heavy atom. The fraction of sp³-hybridized carbons (Fsp3) is 0.333. The van der Waals surface area contributed by atoms with E-state index in [0.29, 0.717) is 12.5 Å². The van der Waals surface area contributed by atoms with Crippen molar-refractivity contribution >= 4 is 29.1 Å². The molecule has 1 aromatic heterocycles. The highest BCUT2D eigenvalue weighted by Gasteiger charge is 2.34. The molecule has 0 amide bonds. The number of hydrogen-bond donors (Lipinski definition) is 2. The summed E-state index contributed by atoms with van der Waals surface area (Å²) in [5.74, 6) is -1.12. The van der Waals surface area contributed by atoms with Crippen LogP contribution >= 0.6 is 11.6 Å². The Balaban J connectivity index is 2.43. The van der Waals surface area contributed by atoms with Gasteiger partial charge in [-0.15, -0.1) is 0 Å². The molecule has 0 saturated heterocycles. The van der Waals surface area contributed by atoms with Crippen LogP contribution in [0.25, 0.3) is 0 Å². The first-order valence-corrected chi connectivity index (χ1v) is 7.52. The van der Waals surface area contributed by atoms with E-state index in [4.69, 9.17) is 11.6 Å². The smallest absolute Gasteiger partial charge is 0.352 e. The SMILES string of the molecule is CC[C@@H](C)Nc1nc(Nc2c(F)cccc2Cl)cc(C(F)(F)F)n1. The third kappa shape index (κ3) is 4.47. The molecular formula is C15H15ClF4N4. The van der Waals surface area contributed by atoms with Gasteiger partial charge in [0.25, 0.3) is 0 Å². The van der Waals surface area contributed by atoms with Gasteiger partial charge in [0, 0.05) is 12.1 Å². The molecule has 0 aliphatic rings. The fourth-order valence-electron chi connectivity index (χ4n) is 1.79. The zero-order valence-corrected chi connectivity index (χ0v) is 13.6. The van der Waals surface area contributed by atoms with Crippen molar-refractivity contribution in [2.24, 2.45) is 0 Å². The molecule has 130 valence electrons. The molecule has 0 aliphatic heterocycles. The van der Waals surface area contributed by atoms with Crippen molar-refractivity contribution in [2.75, 3.05) is 10.6 Å². The summed E-state index contributed by atoms with van der Waals surface area (Å²) in [5, 5.41) is 5.28. The maximum absolute atomic E-state index is 13.8. The first-order chi connectivity index (χ1) is 11.2. The first kappa shape index (κ1) is 18.3. The Morgan fingerprint density at radius 1 is 1.25 bits per heavy atom. The summed E-state index contributed by atoms with van der Waals surface area (Å²) in [6.07, 6.45) is -3.99. The van der Waals surface area contributed by atoms with E-state index in [9.17, 15) is 17.6 Å². The van der Waals surface area contributed by atoms with E-state index in [2.05, 4.69) is 20.6 Å². The Bertz CT molecular complexity index is 701. The fourth-order valence-corrected chi connectivity index (χ4v) is 2.00. The van der Waals surface area contributed by atoms with E-state index >= 15 is 0 Å². The number of benzene rings is 1. The maximum Gasteiger partial charge on any atom is 0.433 e. The average Bonchev–Trinajstić information content (AvgIpc) is 2.50. The Morgan fingerprint density at radius 2 is 1.96 bits per heavy atom. The summed E-state index contributed by atoms with van der Waals surface area (Å²) < 4.78 is 52.9. The predicted octanol–water partition coefficient (Wildman–Crippen LogP) is 5.24. The molecule has 9 heteroatoms. The van der Waals surface area contributed by atoms with Crippen molar-refractivity contribution in [3.63, 3.8) is 0 Å². The molecule has 0 spiro atoms. The number of halogens is 5. The molecule has 1 aromatic carbocycles. The van der Waals surface area contributed by atoms with E-state index in [-0.39, 0.29) is 28.5 Å². The van der Waals surface area contributed by atoms with Crippen molar-refractivity contribution in [1.29, 1.82) is 0 Å². The number of anilines is 3. The first-order valence-electron chi connectivity index (χ1n) is 7.14. The average molecular weight is 363 g/mol. The largest absolute Gasteiger partial charge is 0.433 e. The highest BCUT2D eigenvalue weighted by atomic mass is 35.5. The van der Waals surface area contributed by atoms with Crippen LogP contribution in [0.2, 0.25) is 5.02 Å². The van der Waals surface area contributed by atoms with Crippen LogP contribution in [0.1, 0.15) is 26.0 Å². The Kier molecular flexibility index (Phi) is 5.48. The highest BCUT2D eigenvalue weighted by molar-refractivity contribution is 6.33. The topological polar surface area (TPSA) is 49.8 Å². The molecule has 0 bridgehead atoms. The Labute approximate surface area is 141 Å². The standard InChI is InChI=1S/C15H15ClF4N4/c1-3-8(2)21-14-22-11(15(18,19)20)7-12(24-14)23-13-9(16)5-4-6-10(13)17/h4-8H,3H2,1-2H3,(H2,21,22,23,24)/t8-/m1/s1. The van der Waals surface area contributed by atoms with Crippen LogP contribution in [0.5, 0.6) is 0 Å². The van der Waals surface area contributed by atoms with Crippen molar-refractivity contribution in [3.05, 3.63) is 40.8 Å². The maximum atomic E-state index is 13.8. The number of aromatic nitrogens is 2. The van der Waals surface area contributed by atoms with Gasteiger partial charge in [0.15, 0.2) is 5.69 Å². The van der Waals surface area contributed by atoms with Crippen molar-refractivity contribution in [2.45, 2.75) is 32.5 Å². The summed E-state index contributed by atoms with van der Waals surface area (Å²) in [4.78, 5) is 7.42. The minimum Gasteiger partial charge on any atom is -0.352 e. The van der Waals surface area contributed by atoms with Crippen molar-refractivity contribution in [1.82, 2.24) is 9.97 Å². The number of hydrogen-bond acceptors (Lipinski definition) is 4. The van der Waals surface area contributed by atoms with Gasteiger partial charge in [-0.05, 0) is 25.5 Å². The molecule has 0 radical (unpaired) electrons. The normalized spacial score (nSPS) is 12.8. The molecule has 2 rings (SSSR count). The summed E-state index contributed by atoms with van der Waals surface area (Å²) in [6.45, 7) is 3.65. The molecule has 24 heavy (non-hydrogen) atoms. The molecular weight excluding hydrogens is 348 g/mol. The number of nitrogens with zero attached hydrogens (tertiary/aromatic N) is 2. The van der Waals surface area contributed by atoms with Crippen LogP contribution < -0.4 is 10.6 Å². The lowest BCUT2D eigenvalue weighted by atomic mass is 10.2. The van der Waals surface area contributed by atoms with E-state index in [1.165, 1.54) is 12.1 Å². The minimum atomic E-state index is -4.66. The Hall–Kier alpha value is -2.09. The monoisotopic (exact) mass is 362 g/mol. The molecule has 0 aliphatic carbocycles. The molecule has 1 atom stereocenters. The number of alkyl halides is 3. The third-order valence-corrected chi connectivity index (χ3v) is 3.54. The summed E-state index contributed by atoms with van der Waals surface area (Å²) in [6, 6.07) is 4.51. The van der Waals surface area contributed by atoms with Crippen molar-refractivity contribution in [3.8, 4) is 0 Å². The molecule has 1 heterocycles. The summed E-state index contributed by atoms with van der Waals surface area (Å²) >= 11 is 5.87. The summed E-state index contributed by atoms with van der Waals surface area (Å²) in [5.41, 5.74) is -1.29. The molecule has 0 unspecified atom stereocenters. The second-order valence-corrected chi connectivity index (χ2v) is 5.54. The lowest BCUT2D eigenvalue weighted by Gasteiger charge is -2.16. The van der Waals surface area contributed by atoms with Gasteiger partial charge >= 0.3 is 6.18 Å². The second kappa shape index (κ2) is 7.21. The minimum absolute atomic E-state index is 0.0265. The van der Waals surface area contributed by atoms with Gasteiger partial charge in [0.2, 0.25) is 5.95 Å². The van der Waals surface area contributed by atoms with Crippen LogP contribution in [-0.2, 0) is 6.18 Å². The van der Waals surface area contributed by atoms with Crippen LogP contribution in [0.15, 0.2) is 24.3 Å². The van der Waals surface area contributed by atoms with Crippen LogP contribution in [-0.4, -0.2) is 16.0 Å².